The first kappa shape index (κ1) is 15.7. The average Bonchev–Trinajstić information content (AvgIpc) is 2.83. The van der Waals surface area contributed by atoms with Gasteiger partial charge in [-0.1, -0.05) is 15.9 Å². The summed E-state index contributed by atoms with van der Waals surface area (Å²) in [5.74, 6) is 1.05. The van der Waals surface area contributed by atoms with Gasteiger partial charge in [0.15, 0.2) is 5.76 Å². The first-order valence-corrected chi connectivity index (χ1v) is 7.19. The molecule has 1 aromatic heterocycles. The molecule has 112 valence electrons. The fourth-order valence-electron chi connectivity index (χ4n) is 1.69. The normalized spacial score (nSPS) is 11.6. The summed E-state index contributed by atoms with van der Waals surface area (Å²) in [5.41, 5.74) is 0.583. The predicted molar refractivity (Wildman–Crippen MR) is 82.9 cm³/mol. The molecule has 0 aliphatic rings. The van der Waals surface area contributed by atoms with Crippen molar-refractivity contribution in [1.82, 2.24) is 10.3 Å². The highest BCUT2D eigenvalue weighted by Gasteiger charge is 2.15. The molecule has 0 aliphatic heterocycles. The Balaban J connectivity index is 2.23. The van der Waals surface area contributed by atoms with Crippen LogP contribution in [-0.2, 0) is 6.54 Å². The molecule has 0 saturated heterocycles. The molecule has 2 rings (SSSR count). The molecular formula is C14H16BrN3O3. The van der Waals surface area contributed by atoms with Crippen LogP contribution in [0.2, 0.25) is 0 Å². The van der Waals surface area contributed by atoms with Crippen LogP contribution in [0.25, 0.3) is 11.3 Å². The van der Waals surface area contributed by atoms with Crippen molar-refractivity contribution in [3.05, 3.63) is 44.9 Å². The number of hydrogen-bond donors (Lipinski definition) is 1. The third-order valence-electron chi connectivity index (χ3n) is 2.70. The topological polar surface area (TPSA) is 81.2 Å². The Morgan fingerprint density at radius 1 is 1.38 bits per heavy atom. The van der Waals surface area contributed by atoms with E-state index in [4.69, 9.17) is 4.42 Å². The van der Waals surface area contributed by atoms with Gasteiger partial charge in [0, 0.05) is 27.7 Å². The highest BCUT2D eigenvalue weighted by molar-refractivity contribution is 9.10. The van der Waals surface area contributed by atoms with Gasteiger partial charge >= 0.3 is 0 Å². The number of nitro groups is 1. The van der Waals surface area contributed by atoms with E-state index in [0.29, 0.717) is 28.2 Å². The number of benzene rings is 1. The van der Waals surface area contributed by atoms with Crippen molar-refractivity contribution >= 4 is 21.6 Å². The van der Waals surface area contributed by atoms with Gasteiger partial charge in [0.05, 0.1) is 17.7 Å². The van der Waals surface area contributed by atoms with Gasteiger partial charge in [-0.3, -0.25) is 10.1 Å². The van der Waals surface area contributed by atoms with E-state index in [0.717, 1.165) is 0 Å². The zero-order chi connectivity index (χ0) is 15.6. The van der Waals surface area contributed by atoms with E-state index in [-0.39, 0.29) is 11.2 Å². The second-order valence-electron chi connectivity index (χ2n) is 5.68. The minimum atomic E-state index is -0.438. The third kappa shape index (κ3) is 4.37. The zero-order valence-electron chi connectivity index (χ0n) is 12.0. The molecule has 0 bridgehead atoms. The van der Waals surface area contributed by atoms with Crippen LogP contribution in [0.5, 0.6) is 0 Å². The molecular weight excluding hydrogens is 338 g/mol. The monoisotopic (exact) mass is 353 g/mol. The molecule has 0 unspecified atom stereocenters. The highest BCUT2D eigenvalue weighted by Crippen LogP contribution is 2.29. The number of hydrogen-bond acceptors (Lipinski definition) is 5. The molecule has 0 spiro atoms. The molecule has 21 heavy (non-hydrogen) atoms. The van der Waals surface area contributed by atoms with Crippen molar-refractivity contribution in [2.24, 2.45) is 0 Å². The molecule has 6 nitrogen and oxygen atoms in total. The fraction of sp³-hybridized carbons (Fsp3) is 0.357. The Morgan fingerprint density at radius 2 is 2.10 bits per heavy atom. The Hall–Kier alpha value is -1.73. The summed E-state index contributed by atoms with van der Waals surface area (Å²) in [6.45, 7) is 6.65. The van der Waals surface area contributed by atoms with E-state index in [1.807, 2.05) is 0 Å². The molecule has 0 atom stereocenters. The van der Waals surface area contributed by atoms with Crippen LogP contribution in [0.4, 0.5) is 5.69 Å². The lowest BCUT2D eigenvalue weighted by atomic mass is 10.1. The maximum Gasteiger partial charge on any atom is 0.271 e. The Labute approximate surface area is 130 Å². The van der Waals surface area contributed by atoms with Crippen LogP contribution in [0.15, 0.2) is 33.3 Å². The Kier molecular flexibility index (Phi) is 4.43. The van der Waals surface area contributed by atoms with E-state index in [1.54, 1.807) is 12.3 Å². The number of nitro benzene ring substituents is 1. The molecule has 1 aromatic carbocycles. The van der Waals surface area contributed by atoms with Gasteiger partial charge in [-0.2, -0.15) is 0 Å². The smallest absolute Gasteiger partial charge is 0.271 e. The number of nitrogens with one attached hydrogen (secondary N) is 1. The van der Waals surface area contributed by atoms with Crippen molar-refractivity contribution < 1.29 is 9.34 Å². The number of oxazole rings is 1. The van der Waals surface area contributed by atoms with Gasteiger partial charge in [-0.25, -0.2) is 4.98 Å². The van der Waals surface area contributed by atoms with Gasteiger partial charge < -0.3 is 9.73 Å². The Morgan fingerprint density at radius 3 is 2.71 bits per heavy atom. The highest BCUT2D eigenvalue weighted by atomic mass is 79.9. The summed E-state index contributed by atoms with van der Waals surface area (Å²) in [7, 11) is 0. The largest absolute Gasteiger partial charge is 0.439 e. The van der Waals surface area contributed by atoms with E-state index in [1.165, 1.54) is 12.1 Å². The van der Waals surface area contributed by atoms with E-state index in [9.17, 15) is 10.1 Å². The summed E-state index contributed by atoms with van der Waals surface area (Å²) in [6, 6.07) is 4.67. The van der Waals surface area contributed by atoms with Crippen molar-refractivity contribution in [2.75, 3.05) is 0 Å². The molecule has 1 N–H and O–H groups in total. The van der Waals surface area contributed by atoms with Crippen LogP contribution >= 0.6 is 15.9 Å². The molecule has 1 heterocycles. The van der Waals surface area contributed by atoms with Crippen LogP contribution in [0.3, 0.4) is 0 Å². The van der Waals surface area contributed by atoms with Crippen LogP contribution in [-0.4, -0.2) is 15.4 Å². The molecule has 0 fully saturated rings. The summed E-state index contributed by atoms with van der Waals surface area (Å²) < 4.78 is 6.26. The van der Waals surface area contributed by atoms with Crippen molar-refractivity contribution in [3.8, 4) is 11.3 Å². The zero-order valence-corrected chi connectivity index (χ0v) is 13.6. The van der Waals surface area contributed by atoms with E-state index < -0.39 is 4.92 Å². The van der Waals surface area contributed by atoms with Gasteiger partial charge in [0.2, 0.25) is 5.89 Å². The molecule has 0 aliphatic carbocycles. The summed E-state index contributed by atoms with van der Waals surface area (Å²) in [4.78, 5) is 14.6. The third-order valence-corrected chi connectivity index (χ3v) is 3.16. The van der Waals surface area contributed by atoms with Gasteiger partial charge in [0.1, 0.15) is 0 Å². The summed E-state index contributed by atoms with van der Waals surface area (Å²) in [6.07, 6.45) is 1.57. The molecule has 2 aromatic rings. The quantitative estimate of drug-likeness (QED) is 0.665. The molecule has 0 saturated carbocycles. The number of non-ortho nitro benzene ring substituents is 1. The average molecular weight is 354 g/mol. The first-order valence-electron chi connectivity index (χ1n) is 6.40. The molecule has 0 radical (unpaired) electrons. The predicted octanol–water partition coefficient (Wildman–Crippen LogP) is 3.90. The SMILES string of the molecule is CC(C)(C)NCc1ncc(-c2cc(Br)cc([N+](=O)[O-])c2)o1. The summed E-state index contributed by atoms with van der Waals surface area (Å²) >= 11 is 3.26. The fourth-order valence-corrected chi connectivity index (χ4v) is 2.17. The Bertz CT molecular complexity index is 662. The molecule has 0 amide bonds. The maximum atomic E-state index is 10.9. The second kappa shape index (κ2) is 5.95. The number of rotatable bonds is 4. The molecule has 7 heteroatoms. The van der Waals surface area contributed by atoms with Gasteiger partial charge in [-0.15, -0.1) is 0 Å². The summed E-state index contributed by atoms with van der Waals surface area (Å²) in [5, 5.41) is 14.2. The number of nitrogens with zero attached hydrogens (tertiary/aromatic N) is 2. The van der Waals surface area contributed by atoms with Crippen molar-refractivity contribution in [2.45, 2.75) is 32.9 Å². The van der Waals surface area contributed by atoms with Gasteiger partial charge in [-0.05, 0) is 26.8 Å². The van der Waals surface area contributed by atoms with E-state index in [2.05, 4.69) is 47.0 Å². The minimum absolute atomic E-state index is 0.00476. The standard InChI is InChI=1S/C14H16BrN3O3/c1-14(2,3)17-8-13-16-7-12(21-13)9-4-10(15)6-11(5-9)18(19)20/h4-7,17H,8H2,1-3H3. The minimum Gasteiger partial charge on any atom is -0.439 e. The van der Waals surface area contributed by atoms with Crippen LogP contribution in [0.1, 0.15) is 26.7 Å². The first-order chi connectivity index (χ1) is 9.74. The van der Waals surface area contributed by atoms with E-state index >= 15 is 0 Å². The lowest BCUT2D eigenvalue weighted by Gasteiger charge is -2.18. The second-order valence-corrected chi connectivity index (χ2v) is 6.59. The lowest BCUT2D eigenvalue weighted by molar-refractivity contribution is -0.384. The number of aromatic nitrogens is 1. The van der Waals surface area contributed by atoms with Crippen molar-refractivity contribution in [3.63, 3.8) is 0 Å². The maximum absolute atomic E-state index is 10.9. The lowest BCUT2D eigenvalue weighted by Crippen LogP contribution is -2.35. The van der Waals surface area contributed by atoms with Crippen LogP contribution < -0.4 is 5.32 Å². The van der Waals surface area contributed by atoms with Gasteiger partial charge in [0.25, 0.3) is 5.69 Å². The number of halogens is 1. The van der Waals surface area contributed by atoms with Crippen molar-refractivity contribution in [1.29, 1.82) is 0 Å². The van der Waals surface area contributed by atoms with Crippen LogP contribution in [0, 0.1) is 10.1 Å².